The number of amides is 1. The van der Waals surface area contributed by atoms with E-state index in [1.165, 1.54) is 64.5 Å². The van der Waals surface area contributed by atoms with Gasteiger partial charge in [0.25, 0.3) is 0 Å². The summed E-state index contributed by atoms with van der Waals surface area (Å²) in [5.74, 6) is 0.362. The third-order valence-electron chi connectivity index (χ3n) is 6.30. The highest BCUT2D eigenvalue weighted by molar-refractivity contribution is 5.79. The van der Waals surface area contributed by atoms with Crippen LogP contribution in [0.15, 0.2) is 0 Å². The van der Waals surface area contributed by atoms with Gasteiger partial charge in [-0.05, 0) is 71.9 Å². The van der Waals surface area contributed by atoms with Crippen LogP contribution in [0.4, 0.5) is 0 Å². The summed E-state index contributed by atoms with van der Waals surface area (Å²) in [7, 11) is 0. The molecular formula is C19H35N3O. The molecule has 0 aliphatic carbocycles. The fraction of sp³-hybridized carbons (Fsp3) is 0.947. The van der Waals surface area contributed by atoms with Gasteiger partial charge in [0, 0.05) is 31.2 Å². The number of hydrogen-bond donors (Lipinski definition) is 0. The number of likely N-dealkylation sites (tertiary alicyclic amines) is 3. The van der Waals surface area contributed by atoms with Crippen LogP contribution >= 0.6 is 0 Å². The Kier molecular flexibility index (Phi) is 5.97. The Balaban J connectivity index is 1.45. The molecule has 4 nitrogen and oxygen atoms in total. The van der Waals surface area contributed by atoms with Crippen molar-refractivity contribution in [2.45, 2.75) is 83.3 Å². The van der Waals surface area contributed by atoms with Gasteiger partial charge in [-0.2, -0.15) is 0 Å². The SMILES string of the molecule is C[C@@H]1CCC[C@@H](C)N1C(=O)CN1CCC(N2CCCCC2)CC1. The fourth-order valence-electron chi connectivity index (χ4n) is 4.91. The number of carbonyl (C=O) groups is 1. The van der Waals surface area contributed by atoms with Gasteiger partial charge in [0.15, 0.2) is 0 Å². The molecule has 0 spiro atoms. The number of piperidine rings is 3. The van der Waals surface area contributed by atoms with E-state index >= 15 is 0 Å². The molecule has 2 atom stereocenters. The Morgan fingerprint density at radius 3 is 2.04 bits per heavy atom. The Morgan fingerprint density at radius 2 is 1.43 bits per heavy atom. The van der Waals surface area contributed by atoms with Gasteiger partial charge < -0.3 is 9.80 Å². The molecule has 3 aliphatic heterocycles. The third kappa shape index (κ3) is 4.27. The second-order valence-electron chi connectivity index (χ2n) is 8.03. The minimum absolute atomic E-state index is 0.362. The maximum absolute atomic E-state index is 12.7. The minimum atomic E-state index is 0.362. The van der Waals surface area contributed by atoms with Crippen LogP contribution in [-0.4, -0.2) is 71.5 Å². The van der Waals surface area contributed by atoms with Crippen molar-refractivity contribution in [1.29, 1.82) is 0 Å². The first kappa shape index (κ1) is 17.2. The van der Waals surface area contributed by atoms with Crippen LogP contribution in [0.2, 0.25) is 0 Å². The molecule has 0 radical (unpaired) electrons. The van der Waals surface area contributed by atoms with Gasteiger partial charge in [0.05, 0.1) is 6.54 Å². The molecule has 0 N–H and O–H groups in total. The highest BCUT2D eigenvalue weighted by Gasteiger charge is 2.31. The molecular weight excluding hydrogens is 286 g/mol. The number of nitrogens with zero attached hydrogens (tertiary/aromatic N) is 3. The van der Waals surface area contributed by atoms with E-state index < -0.39 is 0 Å². The van der Waals surface area contributed by atoms with Gasteiger partial charge in [-0.1, -0.05) is 6.42 Å². The summed E-state index contributed by atoms with van der Waals surface area (Å²) in [6.07, 6.45) is 10.3. The molecule has 3 fully saturated rings. The summed E-state index contributed by atoms with van der Waals surface area (Å²) in [6, 6.07) is 1.63. The van der Waals surface area contributed by atoms with E-state index in [-0.39, 0.29) is 0 Å². The minimum Gasteiger partial charge on any atom is -0.336 e. The number of carbonyl (C=O) groups excluding carboxylic acids is 1. The Labute approximate surface area is 142 Å². The summed E-state index contributed by atoms with van der Waals surface area (Å²) in [5, 5.41) is 0. The van der Waals surface area contributed by atoms with Crippen molar-refractivity contribution >= 4 is 5.91 Å². The van der Waals surface area contributed by atoms with Crippen molar-refractivity contribution in [2.24, 2.45) is 0 Å². The first-order chi connectivity index (χ1) is 11.1. The molecule has 4 heteroatoms. The molecule has 0 bridgehead atoms. The average Bonchev–Trinajstić information content (AvgIpc) is 2.56. The number of hydrogen-bond acceptors (Lipinski definition) is 3. The molecule has 0 saturated carbocycles. The van der Waals surface area contributed by atoms with Gasteiger partial charge in [0.1, 0.15) is 0 Å². The zero-order valence-corrected chi connectivity index (χ0v) is 15.2. The second-order valence-corrected chi connectivity index (χ2v) is 8.03. The van der Waals surface area contributed by atoms with Gasteiger partial charge in [-0.3, -0.25) is 9.69 Å². The summed E-state index contributed by atoms with van der Waals surface area (Å²) >= 11 is 0. The molecule has 0 aromatic heterocycles. The first-order valence-corrected chi connectivity index (χ1v) is 9.92. The monoisotopic (exact) mass is 321 g/mol. The predicted molar refractivity (Wildman–Crippen MR) is 94.5 cm³/mol. The summed E-state index contributed by atoms with van der Waals surface area (Å²) in [5.41, 5.74) is 0. The molecule has 3 heterocycles. The van der Waals surface area contributed by atoms with Crippen LogP contribution < -0.4 is 0 Å². The summed E-state index contributed by atoms with van der Waals surface area (Å²) in [6.45, 7) is 9.87. The van der Waals surface area contributed by atoms with E-state index in [0.29, 0.717) is 24.5 Å². The van der Waals surface area contributed by atoms with E-state index in [1.54, 1.807) is 0 Å². The van der Waals surface area contributed by atoms with Crippen LogP contribution in [0.1, 0.15) is 65.2 Å². The second kappa shape index (κ2) is 7.98. The largest absolute Gasteiger partial charge is 0.336 e. The van der Waals surface area contributed by atoms with Gasteiger partial charge in [-0.15, -0.1) is 0 Å². The van der Waals surface area contributed by atoms with Gasteiger partial charge in [0.2, 0.25) is 5.91 Å². The first-order valence-electron chi connectivity index (χ1n) is 9.92. The lowest BCUT2D eigenvalue weighted by atomic mass is 9.97. The molecule has 132 valence electrons. The van der Waals surface area contributed by atoms with E-state index in [4.69, 9.17) is 0 Å². The smallest absolute Gasteiger partial charge is 0.237 e. The zero-order chi connectivity index (χ0) is 16.2. The van der Waals surface area contributed by atoms with Gasteiger partial charge in [-0.25, -0.2) is 0 Å². The normalized spacial score (nSPS) is 32.2. The van der Waals surface area contributed by atoms with Crippen LogP contribution in [0.3, 0.4) is 0 Å². The molecule has 0 unspecified atom stereocenters. The van der Waals surface area contributed by atoms with Crippen LogP contribution in [0.5, 0.6) is 0 Å². The van der Waals surface area contributed by atoms with Crippen molar-refractivity contribution in [1.82, 2.24) is 14.7 Å². The highest BCUT2D eigenvalue weighted by atomic mass is 16.2. The molecule has 3 saturated heterocycles. The Bertz CT molecular complexity index is 376. The van der Waals surface area contributed by atoms with Crippen molar-refractivity contribution < 1.29 is 4.79 Å². The molecule has 23 heavy (non-hydrogen) atoms. The number of rotatable bonds is 3. The highest BCUT2D eigenvalue weighted by Crippen LogP contribution is 2.24. The van der Waals surface area contributed by atoms with E-state index in [0.717, 1.165) is 19.1 Å². The molecule has 0 aromatic carbocycles. The van der Waals surface area contributed by atoms with Crippen molar-refractivity contribution in [3.63, 3.8) is 0 Å². The summed E-state index contributed by atoms with van der Waals surface area (Å²) in [4.78, 5) is 20.0. The topological polar surface area (TPSA) is 26.8 Å². The summed E-state index contributed by atoms with van der Waals surface area (Å²) < 4.78 is 0. The van der Waals surface area contributed by atoms with Crippen LogP contribution in [0, 0.1) is 0 Å². The lowest BCUT2D eigenvalue weighted by molar-refractivity contribution is -0.138. The van der Waals surface area contributed by atoms with Crippen molar-refractivity contribution in [2.75, 3.05) is 32.7 Å². The molecule has 1 amide bonds. The predicted octanol–water partition coefficient (Wildman–Crippen LogP) is 2.73. The molecule has 3 aliphatic rings. The van der Waals surface area contributed by atoms with Crippen LogP contribution in [0.25, 0.3) is 0 Å². The Hall–Kier alpha value is -0.610. The molecule has 0 aromatic rings. The average molecular weight is 322 g/mol. The third-order valence-corrected chi connectivity index (χ3v) is 6.30. The van der Waals surface area contributed by atoms with E-state index in [9.17, 15) is 4.79 Å². The maximum atomic E-state index is 12.7. The quantitative estimate of drug-likeness (QED) is 0.800. The maximum Gasteiger partial charge on any atom is 0.237 e. The van der Waals surface area contributed by atoms with Gasteiger partial charge >= 0.3 is 0 Å². The van der Waals surface area contributed by atoms with E-state index in [2.05, 4.69) is 28.5 Å². The lowest BCUT2D eigenvalue weighted by Gasteiger charge is -2.42. The van der Waals surface area contributed by atoms with Crippen LogP contribution in [-0.2, 0) is 4.79 Å². The molecule has 3 rings (SSSR count). The van der Waals surface area contributed by atoms with Crippen molar-refractivity contribution in [3.8, 4) is 0 Å². The van der Waals surface area contributed by atoms with E-state index in [1.807, 2.05) is 0 Å². The van der Waals surface area contributed by atoms with Crippen molar-refractivity contribution in [3.05, 3.63) is 0 Å². The Morgan fingerprint density at radius 1 is 0.826 bits per heavy atom. The fourth-order valence-corrected chi connectivity index (χ4v) is 4.91. The lowest BCUT2D eigenvalue weighted by Crippen LogP contribution is -2.53. The standard InChI is InChI=1S/C19H35N3O/c1-16-7-6-8-17(2)22(16)19(23)15-20-13-9-18(10-14-20)21-11-4-3-5-12-21/h16-18H,3-15H2,1-2H3/t16-,17-/m1/s1. The zero-order valence-electron chi connectivity index (χ0n) is 15.2.